The van der Waals surface area contributed by atoms with Gasteiger partial charge in [-0.1, -0.05) is 0 Å². The normalized spacial score (nSPS) is 13.1. The number of nitrogens with zero attached hydrogens (tertiary/aromatic N) is 1. The molecule has 0 spiro atoms. The van der Waals surface area contributed by atoms with Crippen LogP contribution in [0, 0.1) is 0 Å². The minimum Gasteiger partial charge on any atom is -0.253 e. The Morgan fingerprint density at radius 3 is 2.18 bits per heavy atom. The van der Waals surface area contributed by atoms with Gasteiger partial charge in [-0.3, -0.25) is 4.98 Å². The Morgan fingerprint density at radius 1 is 1.29 bits per heavy atom. The topological polar surface area (TPSA) is 47.0 Å². The van der Waals surface area contributed by atoms with Crippen molar-refractivity contribution in [3.63, 3.8) is 0 Å². The molecule has 0 unspecified atom stereocenters. The van der Waals surface area contributed by atoms with Crippen LogP contribution >= 0.6 is 10.7 Å². The van der Waals surface area contributed by atoms with E-state index in [4.69, 9.17) is 10.7 Å². The fourth-order valence-corrected chi connectivity index (χ4v) is 2.00. The van der Waals surface area contributed by atoms with E-state index in [9.17, 15) is 30.4 Å². The smallest absolute Gasteiger partial charge is 0.253 e. The Balaban J connectivity index is 3.52. The number of pyridine rings is 1. The molecule has 10 heteroatoms. The Bertz CT molecular complexity index is 528. The number of alkyl halides is 5. The summed E-state index contributed by atoms with van der Waals surface area (Å²) in [4.78, 5) is 1.43. The first-order valence-corrected chi connectivity index (χ1v) is 6.14. The minimum atomic E-state index is -4.90. The zero-order chi connectivity index (χ0) is 13.4. The third-order valence-corrected chi connectivity index (χ3v) is 3.03. The van der Waals surface area contributed by atoms with Gasteiger partial charge in [0.1, 0.15) is 10.6 Å². The SMILES string of the molecule is O=S(=O)(Cl)c1cc(C(F)(F)F)cnc1C(F)F. The molecule has 0 amide bonds. The summed E-state index contributed by atoms with van der Waals surface area (Å²) in [7, 11) is 0.0298. The van der Waals surface area contributed by atoms with Gasteiger partial charge in [0, 0.05) is 16.9 Å². The fraction of sp³-hybridized carbons (Fsp3) is 0.286. The van der Waals surface area contributed by atoms with Crippen molar-refractivity contribution in [2.45, 2.75) is 17.5 Å². The van der Waals surface area contributed by atoms with Crippen molar-refractivity contribution in [2.75, 3.05) is 0 Å². The molecule has 0 radical (unpaired) electrons. The molecule has 1 rings (SSSR count). The molecule has 0 atom stereocenters. The van der Waals surface area contributed by atoms with Crippen molar-refractivity contribution in [2.24, 2.45) is 0 Å². The van der Waals surface area contributed by atoms with Crippen LogP contribution < -0.4 is 0 Å². The molecule has 17 heavy (non-hydrogen) atoms. The van der Waals surface area contributed by atoms with Gasteiger partial charge in [-0.25, -0.2) is 17.2 Å². The first-order chi connectivity index (χ1) is 7.53. The third kappa shape index (κ3) is 3.25. The largest absolute Gasteiger partial charge is 0.417 e. The zero-order valence-corrected chi connectivity index (χ0v) is 9.24. The lowest BCUT2D eigenvalue weighted by molar-refractivity contribution is -0.138. The zero-order valence-electron chi connectivity index (χ0n) is 7.67. The molecule has 1 heterocycles. The summed E-state index contributed by atoms with van der Waals surface area (Å²) >= 11 is 0. The molecule has 1 aromatic heterocycles. The van der Waals surface area contributed by atoms with E-state index in [1.54, 1.807) is 0 Å². The van der Waals surface area contributed by atoms with Crippen molar-refractivity contribution < 1.29 is 30.4 Å². The Morgan fingerprint density at radius 2 is 1.82 bits per heavy atom. The van der Waals surface area contributed by atoms with Gasteiger partial charge in [0.25, 0.3) is 15.5 Å². The van der Waals surface area contributed by atoms with Gasteiger partial charge in [-0.05, 0) is 6.07 Å². The van der Waals surface area contributed by atoms with E-state index in [2.05, 4.69) is 4.98 Å². The molecule has 96 valence electrons. The summed E-state index contributed by atoms with van der Waals surface area (Å²) < 4.78 is 83.0. The van der Waals surface area contributed by atoms with Gasteiger partial charge in [0.2, 0.25) is 0 Å². The van der Waals surface area contributed by atoms with Gasteiger partial charge >= 0.3 is 6.18 Å². The highest BCUT2D eigenvalue weighted by atomic mass is 35.7. The molecule has 0 saturated carbocycles. The van der Waals surface area contributed by atoms with Crippen LogP contribution in [0.5, 0.6) is 0 Å². The molecular formula is C7H3ClF5NO2S. The summed E-state index contributed by atoms with van der Waals surface area (Å²) in [6, 6.07) is 0.0246. The summed E-state index contributed by atoms with van der Waals surface area (Å²) in [5.41, 5.74) is -2.78. The van der Waals surface area contributed by atoms with Gasteiger partial charge in [-0.15, -0.1) is 0 Å². The average Bonchev–Trinajstić information content (AvgIpc) is 2.14. The number of rotatable bonds is 2. The number of halogens is 6. The van der Waals surface area contributed by atoms with Crippen LogP contribution in [0.3, 0.4) is 0 Å². The molecule has 0 aromatic carbocycles. The Hall–Kier alpha value is -0.960. The minimum absolute atomic E-state index is 0.0246. The second-order valence-electron chi connectivity index (χ2n) is 2.84. The molecule has 0 aliphatic heterocycles. The molecule has 0 N–H and O–H groups in total. The molecule has 0 bridgehead atoms. The molecule has 3 nitrogen and oxygen atoms in total. The first-order valence-electron chi connectivity index (χ1n) is 3.83. The molecule has 0 aliphatic rings. The van der Waals surface area contributed by atoms with Gasteiger partial charge in [-0.2, -0.15) is 13.2 Å². The van der Waals surface area contributed by atoms with Crippen molar-refractivity contribution in [3.05, 3.63) is 23.5 Å². The first kappa shape index (κ1) is 14.1. The summed E-state index contributed by atoms with van der Waals surface area (Å²) in [5, 5.41) is 0. The Kier molecular flexibility index (Phi) is 3.63. The van der Waals surface area contributed by atoms with Crippen LogP contribution in [0.1, 0.15) is 17.7 Å². The highest BCUT2D eigenvalue weighted by Crippen LogP contribution is 2.34. The maximum absolute atomic E-state index is 12.3. The standard InChI is InChI=1S/C7H3ClF5NO2S/c8-17(15,16)4-1-3(7(11,12)13)2-14-5(4)6(9)10/h1-2,6H. The van der Waals surface area contributed by atoms with E-state index in [1.807, 2.05) is 0 Å². The lowest BCUT2D eigenvalue weighted by atomic mass is 10.2. The molecule has 0 fully saturated rings. The molecule has 1 aromatic rings. The van der Waals surface area contributed by atoms with Crippen molar-refractivity contribution in [1.82, 2.24) is 4.98 Å². The highest BCUT2D eigenvalue weighted by Gasteiger charge is 2.34. The van der Waals surface area contributed by atoms with Gasteiger partial charge < -0.3 is 0 Å². The second-order valence-corrected chi connectivity index (χ2v) is 5.38. The fourth-order valence-electron chi connectivity index (χ4n) is 0.969. The lowest BCUT2D eigenvalue weighted by Crippen LogP contribution is -2.10. The predicted molar refractivity (Wildman–Crippen MR) is 47.2 cm³/mol. The summed E-state index contributed by atoms with van der Waals surface area (Å²) in [6.07, 6.45) is -8.13. The van der Waals surface area contributed by atoms with Crippen molar-refractivity contribution in [1.29, 1.82) is 0 Å². The molecule has 0 saturated heterocycles. The van der Waals surface area contributed by atoms with E-state index in [1.165, 1.54) is 0 Å². The number of aromatic nitrogens is 1. The maximum atomic E-state index is 12.3. The monoisotopic (exact) mass is 295 g/mol. The second kappa shape index (κ2) is 4.37. The van der Waals surface area contributed by atoms with E-state index >= 15 is 0 Å². The summed E-state index contributed by atoms with van der Waals surface area (Å²) in [6.45, 7) is 0. The third-order valence-electron chi connectivity index (χ3n) is 1.68. The van der Waals surface area contributed by atoms with Crippen LogP contribution in [-0.4, -0.2) is 13.4 Å². The van der Waals surface area contributed by atoms with Crippen LogP contribution in [-0.2, 0) is 15.2 Å². The van der Waals surface area contributed by atoms with Crippen molar-refractivity contribution >= 4 is 19.7 Å². The van der Waals surface area contributed by atoms with Crippen LogP contribution in [0.15, 0.2) is 17.2 Å². The van der Waals surface area contributed by atoms with E-state index in [0.717, 1.165) is 0 Å². The molecule has 0 aliphatic carbocycles. The average molecular weight is 296 g/mol. The van der Waals surface area contributed by atoms with E-state index in [0.29, 0.717) is 0 Å². The predicted octanol–water partition coefficient (Wildman–Crippen LogP) is 2.97. The van der Waals surface area contributed by atoms with Crippen LogP contribution in [0.4, 0.5) is 22.0 Å². The molecular weight excluding hydrogens is 293 g/mol. The quantitative estimate of drug-likeness (QED) is 0.622. The maximum Gasteiger partial charge on any atom is 0.417 e. The van der Waals surface area contributed by atoms with Crippen LogP contribution in [0.2, 0.25) is 0 Å². The lowest BCUT2D eigenvalue weighted by Gasteiger charge is -2.10. The number of hydrogen-bond donors (Lipinski definition) is 0. The van der Waals surface area contributed by atoms with Gasteiger partial charge in [0.15, 0.2) is 0 Å². The number of hydrogen-bond acceptors (Lipinski definition) is 3. The Labute approximate surface area is 96.6 Å². The van der Waals surface area contributed by atoms with E-state index in [-0.39, 0.29) is 12.3 Å². The highest BCUT2D eigenvalue weighted by molar-refractivity contribution is 8.13. The van der Waals surface area contributed by atoms with Gasteiger partial charge in [0.05, 0.1) is 5.56 Å². The van der Waals surface area contributed by atoms with Crippen LogP contribution in [0.25, 0.3) is 0 Å². The van der Waals surface area contributed by atoms with Crippen molar-refractivity contribution in [3.8, 4) is 0 Å². The van der Waals surface area contributed by atoms with E-state index < -0.39 is 37.8 Å². The summed E-state index contributed by atoms with van der Waals surface area (Å²) in [5.74, 6) is 0.